The molecule has 2 bridgehead atoms. The standard InChI is InChI=1S/C18H26N2OS/c21-18(15-4-2-1-3-5-15)22-11-10-19-8-9-20-17-13-14-6-7-16(17)12-14/h1-5,14,16-17,19-20H,6-13H2. The molecule has 0 radical (unpaired) electrons. The zero-order chi connectivity index (χ0) is 15.2. The van der Waals surface area contributed by atoms with Crippen LogP contribution in [0.5, 0.6) is 0 Å². The topological polar surface area (TPSA) is 41.1 Å². The molecule has 3 nitrogen and oxygen atoms in total. The number of hydrogen-bond donors (Lipinski definition) is 2. The van der Waals surface area contributed by atoms with Gasteiger partial charge in [0.15, 0.2) is 0 Å². The van der Waals surface area contributed by atoms with Gasteiger partial charge in [-0.2, -0.15) is 0 Å². The third-order valence-corrected chi connectivity index (χ3v) is 5.87. The number of carbonyl (C=O) groups is 1. The van der Waals surface area contributed by atoms with Crippen molar-refractivity contribution in [3.8, 4) is 0 Å². The highest BCUT2D eigenvalue weighted by molar-refractivity contribution is 8.14. The van der Waals surface area contributed by atoms with Crippen LogP contribution in [0.2, 0.25) is 0 Å². The van der Waals surface area contributed by atoms with Gasteiger partial charge in [-0.1, -0.05) is 48.5 Å². The van der Waals surface area contributed by atoms with E-state index in [4.69, 9.17) is 0 Å². The molecule has 2 fully saturated rings. The van der Waals surface area contributed by atoms with Crippen molar-refractivity contribution in [1.29, 1.82) is 0 Å². The Morgan fingerprint density at radius 3 is 2.68 bits per heavy atom. The summed E-state index contributed by atoms with van der Waals surface area (Å²) in [7, 11) is 0. The first-order valence-corrected chi connectivity index (χ1v) is 9.48. The lowest BCUT2D eigenvalue weighted by molar-refractivity contribution is 0.108. The molecule has 3 atom stereocenters. The molecule has 4 heteroatoms. The largest absolute Gasteiger partial charge is 0.315 e. The molecule has 2 N–H and O–H groups in total. The highest BCUT2D eigenvalue weighted by Gasteiger charge is 2.38. The van der Waals surface area contributed by atoms with E-state index < -0.39 is 0 Å². The van der Waals surface area contributed by atoms with Crippen LogP contribution in [0.4, 0.5) is 0 Å². The first-order valence-electron chi connectivity index (χ1n) is 8.49. The van der Waals surface area contributed by atoms with Crippen LogP contribution in [0.15, 0.2) is 30.3 Å². The van der Waals surface area contributed by atoms with E-state index in [2.05, 4.69) is 10.6 Å². The van der Waals surface area contributed by atoms with Crippen molar-refractivity contribution < 1.29 is 4.79 Å². The van der Waals surface area contributed by atoms with Crippen LogP contribution in [0.25, 0.3) is 0 Å². The normalized spacial score (nSPS) is 26.5. The van der Waals surface area contributed by atoms with E-state index in [1.165, 1.54) is 37.4 Å². The molecule has 0 saturated heterocycles. The molecule has 0 amide bonds. The van der Waals surface area contributed by atoms with Crippen LogP contribution in [0.1, 0.15) is 36.0 Å². The van der Waals surface area contributed by atoms with Crippen molar-refractivity contribution in [2.45, 2.75) is 31.7 Å². The molecule has 0 aromatic heterocycles. The molecule has 2 saturated carbocycles. The van der Waals surface area contributed by atoms with E-state index in [-0.39, 0.29) is 5.12 Å². The molecule has 22 heavy (non-hydrogen) atoms. The third-order valence-electron chi connectivity index (χ3n) is 4.97. The van der Waals surface area contributed by atoms with Gasteiger partial charge in [-0.15, -0.1) is 0 Å². The number of thioether (sulfide) groups is 1. The molecule has 2 aliphatic rings. The van der Waals surface area contributed by atoms with Crippen molar-refractivity contribution in [3.05, 3.63) is 35.9 Å². The van der Waals surface area contributed by atoms with E-state index in [1.54, 1.807) is 0 Å². The molecule has 0 spiro atoms. The fourth-order valence-electron chi connectivity index (χ4n) is 3.84. The predicted molar refractivity (Wildman–Crippen MR) is 93.3 cm³/mol. The first kappa shape index (κ1) is 16.0. The van der Waals surface area contributed by atoms with E-state index in [0.717, 1.165) is 48.8 Å². The lowest BCUT2D eigenvalue weighted by Crippen LogP contribution is -2.38. The van der Waals surface area contributed by atoms with E-state index in [1.807, 2.05) is 30.3 Å². The Bertz CT molecular complexity index is 479. The highest BCUT2D eigenvalue weighted by Crippen LogP contribution is 2.44. The highest BCUT2D eigenvalue weighted by atomic mass is 32.2. The number of nitrogens with one attached hydrogen (secondary N) is 2. The molecule has 0 aliphatic heterocycles. The SMILES string of the molecule is O=C(SCCNCCNC1CC2CCC1C2)c1ccccc1. The molecule has 120 valence electrons. The molecule has 3 rings (SSSR count). The number of benzene rings is 1. The van der Waals surface area contributed by atoms with Crippen LogP contribution in [0.3, 0.4) is 0 Å². The first-order chi connectivity index (χ1) is 10.8. The van der Waals surface area contributed by atoms with E-state index >= 15 is 0 Å². The monoisotopic (exact) mass is 318 g/mol. The molecule has 0 heterocycles. The molecule has 1 aromatic carbocycles. The zero-order valence-electron chi connectivity index (χ0n) is 13.1. The number of carbonyl (C=O) groups excluding carboxylic acids is 1. The summed E-state index contributed by atoms with van der Waals surface area (Å²) < 4.78 is 0. The predicted octanol–water partition coefficient (Wildman–Crippen LogP) is 2.93. The van der Waals surface area contributed by atoms with Gasteiger partial charge in [-0.05, 0) is 31.1 Å². The van der Waals surface area contributed by atoms with Gasteiger partial charge >= 0.3 is 0 Å². The van der Waals surface area contributed by atoms with Gasteiger partial charge in [0.1, 0.15) is 0 Å². The molecule has 1 aromatic rings. The van der Waals surface area contributed by atoms with Crippen LogP contribution in [-0.4, -0.2) is 36.5 Å². The summed E-state index contributed by atoms with van der Waals surface area (Å²) in [6.45, 7) is 2.93. The maximum atomic E-state index is 11.9. The molecule has 3 unspecified atom stereocenters. The minimum absolute atomic E-state index is 0.169. The Labute approximate surface area is 137 Å². The van der Waals surface area contributed by atoms with Crippen molar-refractivity contribution in [3.63, 3.8) is 0 Å². The minimum Gasteiger partial charge on any atom is -0.315 e. The van der Waals surface area contributed by atoms with Gasteiger partial charge in [0.25, 0.3) is 0 Å². The summed E-state index contributed by atoms with van der Waals surface area (Å²) in [5.41, 5.74) is 0.797. The summed E-state index contributed by atoms with van der Waals surface area (Å²) in [5.74, 6) is 2.79. The molecular formula is C18H26N2OS. The second-order valence-electron chi connectivity index (χ2n) is 6.49. The average molecular weight is 318 g/mol. The number of hydrogen-bond acceptors (Lipinski definition) is 4. The molecule has 2 aliphatic carbocycles. The maximum Gasteiger partial charge on any atom is 0.219 e. The Balaban J connectivity index is 1.20. The van der Waals surface area contributed by atoms with Gasteiger partial charge in [0.2, 0.25) is 5.12 Å². The van der Waals surface area contributed by atoms with Crippen LogP contribution in [-0.2, 0) is 0 Å². The second kappa shape index (κ2) is 8.14. The van der Waals surface area contributed by atoms with Crippen molar-refractivity contribution >= 4 is 16.9 Å². The summed E-state index contributed by atoms with van der Waals surface area (Å²) in [4.78, 5) is 11.9. The Hall–Kier alpha value is -0.840. The minimum atomic E-state index is 0.169. The van der Waals surface area contributed by atoms with Crippen molar-refractivity contribution in [2.75, 3.05) is 25.4 Å². The van der Waals surface area contributed by atoms with E-state index in [9.17, 15) is 4.79 Å². The van der Waals surface area contributed by atoms with Crippen molar-refractivity contribution in [2.24, 2.45) is 11.8 Å². The van der Waals surface area contributed by atoms with Crippen LogP contribution >= 0.6 is 11.8 Å². The van der Waals surface area contributed by atoms with Gasteiger partial charge < -0.3 is 10.6 Å². The summed E-state index contributed by atoms with van der Waals surface area (Å²) >= 11 is 1.40. The Morgan fingerprint density at radius 1 is 1.09 bits per heavy atom. The maximum absolute atomic E-state index is 11.9. The lowest BCUT2D eigenvalue weighted by atomic mass is 9.95. The lowest BCUT2D eigenvalue weighted by Gasteiger charge is -2.23. The summed E-state index contributed by atoms with van der Waals surface area (Å²) in [6, 6.07) is 10.3. The Morgan fingerprint density at radius 2 is 1.95 bits per heavy atom. The third kappa shape index (κ3) is 4.34. The van der Waals surface area contributed by atoms with Crippen LogP contribution < -0.4 is 10.6 Å². The fraction of sp³-hybridized carbons (Fsp3) is 0.611. The summed E-state index contributed by atoms with van der Waals surface area (Å²) in [5, 5.41) is 7.30. The van der Waals surface area contributed by atoms with Crippen LogP contribution in [0, 0.1) is 11.8 Å². The quantitative estimate of drug-likeness (QED) is 0.723. The van der Waals surface area contributed by atoms with Gasteiger partial charge in [0, 0.05) is 37.0 Å². The smallest absolute Gasteiger partial charge is 0.219 e. The fourth-order valence-corrected chi connectivity index (χ4v) is 4.57. The second-order valence-corrected chi connectivity index (χ2v) is 7.56. The van der Waals surface area contributed by atoms with Crippen molar-refractivity contribution in [1.82, 2.24) is 10.6 Å². The average Bonchev–Trinajstić information content (AvgIpc) is 3.17. The number of fused-ring (bicyclic) bond motifs is 2. The van der Waals surface area contributed by atoms with Gasteiger partial charge in [-0.3, -0.25) is 4.79 Å². The van der Waals surface area contributed by atoms with Gasteiger partial charge in [0.05, 0.1) is 0 Å². The summed E-state index contributed by atoms with van der Waals surface area (Å²) in [6.07, 6.45) is 5.76. The zero-order valence-corrected chi connectivity index (χ0v) is 13.9. The Kier molecular flexibility index (Phi) is 5.93. The van der Waals surface area contributed by atoms with Gasteiger partial charge in [-0.25, -0.2) is 0 Å². The molecular weight excluding hydrogens is 292 g/mol. The number of rotatable bonds is 8. The van der Waals surface area contributed by atoms with E-state index in [0.29, 0.717) is 0 Å².